The van der Waals surface area contributed by atoms with Crippen LogP contribution in [0.1, 0.15) is 60.8 Å². The third-order valence-corrected chi connectivity index (χ3v) is 8.44. The fourth-order valence-electron chi connectivity index (χ4n) is 2.12. The maximum absolute atomic E-state index is 12.0. The van der Waals surface area contributed by atoms with Gasteiger partial charge in [-0.25, -0.2) is 0 Å². The molecule has 5 nitrogen and oxygen atoms in total. The summed E-state index contributed by atoms with van der Waals surface area (Å²) in [5.74, 6) is 0.0962. The van der Waals surface area contributed by atoms with Gasteiger partial charge in [0.1, 0.15) is 5.78 Å². The molecule has 0 saturated heterocycles. The predicted octanol–water partition coefficient (Wildman–Crippen LogP) is 4.54. The number of rotatable bonds is 14. The second kappa shape index (κ2) is 14.7. The lowest BCUT2D eigenvalue weighted by atomic mass is 10.0. The van der Waals surface area contributed by atoms with Crippen molar-refractivity contribution in [2.45, 2.75) is 74.7 Å². The third kappa shape index (κ3) is 13.9. The second-order valence-corrected chi connectivity index (χ2v) is 12.7. The van der Waals surface area contributed by atoms with Crippen molar-refractivity contribution in [3.05, 3.63) is 12.2 Å². The van der Waals surface area contributed by atoms with Gasteiger partial charge in [0.05, 0.1) is 3.92 Å². The topological polar surface area (TPSA) is 75.3 Å². The zero-order valence-electron chi connectivity index (χ0n) is 17.8. The highest BCUT2D eigenvalue weighted by atomic mass is 127. The zero-order valence-corrected chi connectivity index (χ0v) is 21.6. The molecule has 2 N–H and O–H groups in total. The van der Waals surface area contributed by atoms with Crippen LogP contribution in [0.4, 0.5) is 0 Å². The molecule has 0 fully saturated rings. The Kier molecular flexibility index (Phi) is 14.6. The third-order valence-electron chi connectivity index (χ3n) is 4.00. The van der Waals surface area contributed by atoms with E-state index < -0.39 is 0 Å². The van der Waals surface area contributed by atoms with Crippen LogP contribution in [0.2, 0.25) is 0 Å². The summed E-state index contributed by atoms with van der Waals surface area (Å²) in [6, 6.07) is 0. The number of ketones is 1. The molecule has 0 saturated carbocycles. The molecule has 0 rings (SSSR count). The van der Waals surface area contributed by atoms with Crippen molar-refractivity contribution in [3.8, 4) is 0 Å². The lowest BCUT2D eigenvalue weighted by Crippen LogP contribution is -2.33. The number of carbonyl (C=O) groups excluding carboxylic acids is 3. The highest BCUT2D eigenvalue weighted by Gasteiger charge is 2.22. The molecule has 162 valence electrons. The summed E-state index contributed by atoms with van der Waals surface area (Å²) in [5.41, 5.74) is 0. The Bertz CT molecular complexity index is 540. The van der Waals surface area contributed by atoms with Crippen molar-refractivity contribution >= 4 is 61.8 Å². The number of amides is 2. The lowest BCUT2D eigenvalue weighted by molar-refractivity contribution is -0.122. The minimum atomic E-state index is -0.0962. The molecule has 2 amide bonds. The average Bonchev–Trinajstić information content (AvgIpc) is 2.62. The molecule has 0 aliphatic heterocycles. The Morgan fingerprint density at radius 2 is 1.75 bits per heavy atom. The molecule has 0 heterocycles. The van der Waals surface area contributed by atoms with E-state index in [0.29, 0.717) is 31.2 Å². The van der Waals surface area contributed by atoms with Gasteiger partial charge in [0.25, 0.3) is 0 Å². The Hall–Kier alpha value is -0.220. The minimum absolute atomic E-state index is 0.0125. The molecule has 3 atom stereocenters. The van der Waals surface area contributed by atoms with Crippen molar-refractivity contribution in [2.24, 2.45) is 5.92 Å². The molecule has 8 heteroatoms. The first-order valence-electron chi connectivity index (χ1n) is 9.67. The number of allylic oxidation sites excluding steroid dienone is 2. The van der Waals surface area contributed by atoms with E-state index in [1.165, 1.54) is 0 Å². The Morgan fingerprint density at radius 3 is 2.32 bits per heavy atom. The van der Waals surface area contributed by atoms with E-state index in [9.17, 15) is 14.4 Å². The summed E-state index contributed by atoms with van der Waals surface area (Å²) in [5, 5.41) is 6.08. The standard InChI is InChI=1S/C20H35IN2O3S2/c1-7-8-14(2)17(24)10-12-22-18(25)9-11-20(5,6)28-27-15(3)13-23-19(26)16(4)21/h7-8,14-16H,9-13H2,1-6H3,(H,22,25)(H,23,26). The van der Waals surface area contributed by atoms with Crippen LogP contribution in [0, 0.1) is 5.92 Å². The summed E-state index contributed by atoms with van der Waals surface area (Å²) < 4.78 is -0.0772. The molecule has 0 aromatic heterocycles. The lowest BCUT2D eigenvalue weighted by Gasteiger charge is -2.25. The molecule has 0 aromatic rings. The Balaban J connectivity index is 4.06. The van der Waals surface area contributed by atoms with E-state index in [2.05, 4.69) is 54.0 Å². The number of alkyl halides is 1. The van der Waals surface area contributed by atoms with Crippen LogP contribution in [-0.4, -0.2) is 44.6 Å². The number of halogens is 1. The molecule has 0 aliphatic rings. The van der Waals surface area contributed by atoms with Crippen LogP contribution in [0.25, 0.3) is 0 Å². The van der Waals surface area contributed by atoms with Crippen molar-refractivity contribution < 1.29 is 14.4 Å². The maximum atomic E-state index is 12.0. The summed E-state index contributed by atoms with van der Waals surface area (Å²) in [6.45, 7) is 13.0. The van der Waals surface area contributed by atoms with E-state index in [-0.39, 0.29) is 32.2 Å². The predicted molar refractivity (Wildman–Crippen MR) is 131 cm³/mol. The molecule has 0 spiro atoms. The highest BCUT2D eigenvalue weighted by Crippen LogP contribution is 2.40. The molecule has 0 bridgehead atoms. The van der Waals surface area contributed by atoms with Crippen molar-refractivity contribution in [1.82, 2.24) is 10.6 Å². The maximum Gasteiger partial charge on any atom is 0.232 e. The molecule has 3 unspecified atom stereocenters. The van der Waals surface area contributed by atoms with Gasteiger partial charge in [0.15, 0.2) is 0 Å². The van der Waals surface area contributed by atoms with Gasteiger partial charge in [-0.2, -0.15) is 0 Å². The van der Waals surface area contributed by atoms with E-state index in [1.54, 1.807) is 21.6 Å². The summed E-state index contributed by atoms with van der Waals surface area (Å²) in [6.07, 6.45) is 5.30. The zero-order chi connectivity index (χ0) is 21.7. The van der Waals surface area contributed by atoms with E-state index >= 15 is 0 Å². The van der Waals surface area contributed by atoms with Crippen LogP contribution in [-0.2, 0) is 14.4 Å². The summed E-state index contributed by atoms with van der Waals surface area (Å²) in [4.78, 5) is 35.5. The quantitative estimate of drug-likeness (QED) is 0.146. The van der Waals surface area contributed by atoms with Gasteiger partial charge in [-0.1, -0.05) is 70.2 Å². The molecular weight excluding hydrogens is 507 g/mol. The first-order chi connectivity index (χ1) is 13.0. The first-order valence-corrected chi connectivity index (χ1v) is 13.1. The van der Waals surface area contributed by atoms with Gasteiger partial charge in [0.2, 0.25) is 11.8 Å². The van der Waals surface area contributed by atoms with Crippen molar-refractivity contribution in [3.63, 3.8) is 0 Å². The highest BCUT2D eigenvalue weighted by molar-refractivity contribution is 14.1. The number of Topliss-reactive ketones (excluding diaryl/α,β-unsaturated/α-hetero) is 1. The van der Waals surface area contributed by atoms with Gasteiger partial charge in [-0.3, -0.25) is 14.4 Å². The van der Waals surface area contributed by atoms with Crippen molar-refractivity contribution in [1.29, 1.82) is 0 Å². The van der Waals surface area contributed by atoms with E-state index in [1.807, 2.05) is 32.9 Å². The smallest absolute Gasteiger partial charge is 0.232 e. The first kappa shape index (κ1) is 27.8. The number of carbonyl (C=O) groups is 3. The van der Waals surface area contributed by atoms with Gasteiger partial charge >= 0.3 is 0 Å². The molecule has 0 radical (unpaired) electrons. The van der Waals surface area contributed by atoms with E-state index in [4.69, 9.17) is 0 Å². The normalized spacial score (nSPS) is 15.1. The monoisotopic (exact) mass is 542 g/mol. The number of hydrogen-bond donors (Lipinski definition) is 2. The van der Waals surface area contributed by atoms with Gasteiger partial charge in [-0.05, 0) is 34.1 Å². The Morgan fingerprint density at radius 1 is 1.11 bits per heavy atom. The Labute approximate surface area is 191 Å². The molecule has 28 heavy (non-hydrogen) atoms. The van der Waals surface area contributed by atoms with Crippen LogP contribution in [0.15, 0.2) is 12.2 Å². The van der Waals surface area contributed by atoms with Crippen LogP contribution in [0.5, 0.6) is 0 Å². The second-order valence-electron chi connectivity index (χ2n) is 7.49. The molecular formula is C20H35IN2O3S2. The fraction of sp³-hybridized carbons (Fsp3) is 0.750. The molecule has 0 aromatic carbocycles. The van der Waals surface area contributed by atoms with Crippen molar-refractivity contribution in [2.75, 3.05) is 13.1 Å². The van der Waals surface area contributed by atoms with Crippen LogP contribution >= 0.6 is 44.2 Å². The van der Waals surface area contributed by atoms with E-state index in [0.717, 1.165) is 6.42 Å². The largest absolute Gasteiger partial charge is 0.356 e. The van der Waals surface area contributed by atoms with Gasteiger partial charge in [0, 0.05) is 41.8 Å². The minimum Gasteiger partial charge on any atom is -0.356 e. The van der Waals surface area contributed by atoms with Crippen LogP contribution < -0.4 is 10.6 Å². The summed E-state index contributed by atoms with van der Waals surface area (Å²) >= 11 is 2.10. The van der Waals surface area contributed by atoms with Gasteiger partial charge < -0.3 is 10.6 Å². The average molecular weight is 543 g/mol. The summed E-state index contributed by atoms with van der Waals surface area (Å²) in [7, 11) is 3.48. The molecule has 0 aliphatic carbocycles. The number of hydrogen-bond acceptors (Lipinski definition) is 5. The number of nitrogens with one attached hydrogen (secondary N) is 2. The SMILES string of the molecule is CC=CC(C)C(=O)CCNC(=O)CCC(C)(C)SSC(C)CNC(=O)C(C)I. The van der Waals surface area contributed by atoms with Crippen LogP contribution in [0.3, 0.4) is 0 Å². The van der Waals surface area contributed by atoms with Gasteiger partial charge in [-0.15, -0.1) is 0 Å². The fourth-order valence-corrected chi connectivity index (χ4v) is 4.83.